The van der Waals surface area contributed by atoms with Crippen LogP contribution in [0.5, 0.6) is 11.5 Å². The predicted molar refractivity (Wildman–Crippen MR) is 102 cm³/mol. The standard InChI is InChI=1S/C20H22ClFN2O3/c1-26-17-6-7-18(19(22)14-17)20(25)24-10-8-23(9-11-24)12-13-27-16-4-2-15(21)3-5-16/h2-7,14H,8-13H2,1H3. The van der Waals surface area contributed by atoms with Crippen LogP contribution in [-0.4, -0.2) is 62.1 Å². The normalized spacial score (nSPS) is 14.9. The minimum atomic E-state index is -0.557. The van der Waals surface area contributed by atoms with Crippen LogP contribution in [0.15, 0.2) is 42.5 Å². The number of amides is 1. The fourth-order valence-electron chi connectivity index (χ4n) is 2.96. The molecule has 0 radical (unpaired) electrons. The van der Waals surface area contributed by atoms with E-state index in [-0.39, 0.29) is 11.5 Å². The molecule has 1 heterocycles. The molecule has 0 spiro atoms. The molecule has 27 heavy (non-hydrogen) atoms. The lowest BCUT2D eigenvalue weighted by atomic mass is 10.1. The van der Waals surface area contributed by atoms with E-state index in [0.29, 0.717) is 30.5 Å². The van der Waals surface area contributed by atoms with Gasteiger partial charge in [-0.3, -0.25) is 9.69 Å². The molecule has 1 fully saturated rings. The smallest absolute Gasteiger partial charge is 0.256 e. The maximum Gasteiger partial charge on any atom is 0.256 e. The fraction of sp³-hybridized carbons (Fsp3) is 0.350. The summed E-state index contributed by atoms with van der Waals surface area (Å²) in [7, 11) is 1.46. The number of nitrogens with zero attached hydrogens (tertiary/aromatic N) is 2. The Morgan fingerprint density at radius 3 is 2.37 bits per heavy atom. The summed E-state index contributed by atoms with van der Waals surface area (Å²) >= 11 is 5.85. The topological polar surface area (TPSA) is 42.0 Å². The molecule has 3 rings (SSSR count). The van der Waals surface area contributed by atoms with E-state index in [1.54, 1.807) is 23.1 Å². The van der Waals surface area contributed by atoms with Crippen molar-refractivity contribution in [3.63, 3.8) is 0 Å². The van der Waals surface area contributed by atoms with Gasteiger partial charge in [0.15, 0.2) is 0 Å². The Bertz CT molecular complexity index is 777. The van der Waals surface area contributed by atoms with Crippen LogP contribution in [-0.2, 0) is 0 Å². The zero-order valence-electron chi connectivity index (χ0n) is 15.2. The molecule has 1 aliphatic heterocycles. The molecule has 0 aromatic heterocycles. The van der Waals surface area contributed by atoms with E-state index in [1.165, 1.54) is 19.2 Å². The van der Waals surface area contributed by atoms with Crippen LogP contribution >= 0.6 is 11.6 Å². The fourth-order valence-corrected chi connectivity index (χ4v) is 3.09. The second-order valence-electron chi connectivity index (χ2n) is 6.28. The molecule has 0 N–H and O–H groups in total. The Morgan fingerprint density at radius 2 is 1.74 bits per heavy atom. The predicted octanol–water partition coefficient (Wildman–Crippen LogP) is 3.32. The lowest BCUT2D eigenvalue weighted by molar-refractivity contribution is 0.0616. The van der Waals surface area contributed by atoms with Crippen LogP contribution in [0.1, 0.15) is 10.4 Å². The first kappa shape index (κ1) is 19.5. The van der Waals surface area contributed by atoms with Crippen molar-refractivity contribution in [2.75, 3.05) is 46.4 Å². The summed E-state index contributed by atoms with van der Waals surface area (Å²) in [6, 6.07) is 11.6. The van der Waals surface area contributed by atoms with Gasteiger partial charge in [0.05, 0.1) is 12.7 Å². The van der Waals surface area contributed by atoms with Gasteiger partial charge in [-0.2, -0.15) is 0 Å². The summed E-state index contributed by atoms with van der Waals surface area (Å²) in [6.07, 6.45) is 0. The molecule has 2 aromatic carbocycles. The van der Waals surface area contributed by atoms with Crippen LogP contribution in [0.25, 0.3) is 0 Å². The van der Waals surface area contributed by atoms with E-state index in [0.717, 1.165) is 25.4 Å². The number of rotatable bonds is 6. The van der Waals surface area contributed by atoms with E-state index in [2.05, 4.69) is 4.90 Å². The van der Waals surface area contributed by atoms with Crippen LogP contribution < -0.4 is 9.47 Å². The maximum absolute atomic E-state index is 14.1. The van der Waals surface area contributed by atoms with E-state index < -0.39 is 5.82 Å². The van der Waals surface area contributed by atoms with Crippen molar-refractivity contribution in [2.45, 2.75) is 0 Å². The highest BCUT2D eigenvalue weighted by atomic mass is 35.5. The molecule has 0 atom stereocenters. The number of hydrogen-bond acceptors (Lipinski definition) is 4. The minimum Gasteiger partial charge on any atom is -0.497 e. The van der Waals surface area contributed by atoms with Crippen molar-refractivity contribution in [2.24, 2.45) is 0 Å². The van der Waals surface area contributed by atoms with Gasteiger partial charge in [0.25, 0.3) is 5.91 Å². The van der Waals surface area contributed by atoms with Gasteiger partial charge in [0.2, 0.25) is 0 Å². The Kier molecular flexibility index (Phi) is 6.53. The second-order valence-corrected chi connectivity index (χ2v) is 6.72. The minimum absolute atomic E-state index is 0.0790. The summed E-state index contributed by atoms with van der Waals surface area (Å²) < 4.78 is 24.8. The summed E-state index contributed by atoms with van der Waals surface area (Å²) in [4.78, 5) is 16.5. The monoisotopic (exact) mass is 392 g/mol. The van der Waals surface area contributed by atoms with Gasteiger partial charge in [-0.15, -0.1) is 0 Å². The van der Waals surface area contributed by atoms with Crippen molar-refractivity contribution in [1.29, 1.82) is 0 Å². The number of methoxy groups -OCH3 is 1. The molecule has 0 saturated carbocycles. The summed E-state index contributed by atoms with van der Waals surface area (Å²) in [6.45, 7) is 3.90. The molecule has 7 heteroatoms. The van der Waals surface area contributed by atoms with Gasteiger partial charge in [-0.1, -0.05) is 11.6 Å². The maximum atomic E-state index is 14.1. The lowest BCUT2D eigenvalue weighted by Crippen LogP contribution is -2.49. The van der Waals surface area contributed by atoms with Gasteiger partial charge in [0, 0.05) is 43.8 Å². The van der Waals surface area contributed by atoms with Crippen LogP contribution in [0.3, 0.4) is 0 Å². The molecule has 1 aliphatic rings. The van der Waals surface area contributed by atoms with Gasteiger partial charge >= 0.3 is 0 Å². The molecule has 144 valence electrons. The summed E-state index contributed by atoms with van der Waals surface area (Å²) in [5, 5.41) is 0.677. The van der Waals surface area contributed by atoms with Gasteiger partial charge in [-0.05, 0) is 36.4 Å². The molecule has 5 nitrogen and oxygen atoms in total. The number of ether oxygens (including phenoxy) is 2. The molecule has 0 bridgehead atoms. The van der Waals surface area contributed by atoms with Crippen molar-refractivity contribution in [3.05, 3.63) is 58.9 Å². The quantitative estimate of drug-likeness (QED) is 0.756. The van der Waals surface area contributed by atoms with Gasteiger partial charge in [-0.25, -0.2) is 4.39 Å². The zero-order valence-corrected chi connectivity index (χ0v) is 15.9. The van der Waals surface area contributed by atoms with Crippen molar-refractivity contribution in [1.82, 2.24) is 9.80 Å². The van der Waals surface area contributed by atoms with E-state index >= 15 is 0 Å². The lowest BCUT2D eigenvalue weighted by Gasteiger charge is -2.34. The van der Waals surface area contributed by atoms with E-state index in [9.17, 15) is 9.18 Å². The average Bonchev–Trinajstić information content (AvgIpc) is 2.69. The number of carbonyl (C=O) groups is 1. The number of halogens is 2. The number of piperazine rings is 1. The molecule has 1 saturated heterocycles. The summed E-state index contributed by atoms with van der Waals surface area (Å²) in [5.74, 6) is 0.336. The number of hydrogen-bond donors (Lipinski definition) is 0. The van der Waals surface area contributed by atoms with Crippen molar-refractivity contribution >= 4 is 17.5 Å². The molecule has 1 amide bonds. The highest BCUT2D eigenvalue weighted by Crippen LogP contribution is 2.19. The van der Waals surface area contributed by atoms with E-state index in [1.807, 2.05) is 12.1 Å². The van der Waals surface area contributed by atoms with Gasteiger partial charge < -0.3 is 14.4 Å². The van der Waals surface area contributed by atoms with Crippen molar-refractivity contribution < 1.29 is 18.7 Å². The summed E-state index contributed by atoms with van der Waals surface area (Å²) in [5.41, 5.74) is 0.0790. The first-order valence-corrected chi connectivity index (χ1v) is 9.18. The third-order valence-corrected chi connectivity index (χ3v) is 4.81. The first-order valence-electron chi connectivity index (χ1n) is 8.80. The Balaban J connectivity index is 1.45. The van der Waals surface area contributed by atoms with Crippen LogP contribution in [0, 0.1) is 5.82 Å². The third-order valence-electron chi connectivity index (χ3n) is 4.56. The highest BCUT2D eigenvalue weighted by molar-refractivity contribution is 6.30. The second kappa shape index (κ2) is 9.06. The Labute approximate surface area is 163 Å². The third kappa shape index (κ3) is 5.11. The first-order chi connectivity index (χ1) is 13.1. The SMILES string of the molecule is COc1ccc(C(=O)N2CCN(CCOc3ccc(Cl)cc3)CC2)c(F)c1. The number of benzene rings is 2. The van der Waals surface area contributed by atoms with Crippen LogP contribution in [0.4, 0.5) is 4.39 Å². The molecule has 0 unspecified atom stereocenters. The van der Waals surface area contributed by atoms with Crippen molar-refractivity contribution in [3.8, 4) is 11.5 Å². The van der Waals surface area contributed by atoms with Crippen LogP contribution in [0.2, 0.25) is 5.02 Å². The average molecular weight is 393 g/mol. The Hall–Kier alpha value is -2.31. The van der Waals surface area contributed by atoms with E-state index in [4.69, 9.17) is 21.1 Å². The number of carbonyl (C=O) groups excluding carboxylic acids is 1. The molecular formula is C20H22ClFN2O3. The molecule has 0 aliphatic carbocycles. The Morgan fingerprint density at radius 1 is 1.07 bits per heavy atom. The zero-order chi connectivity index (χ0) is 19.2. The molecular weight excluding hydrogens is 371 g/mol. The largest absolute Gasteiger partial charge is 0.497 e. The van der Waals surface area contributed by atoms with Gasteiger partial charge in [0.1, 0.15) is 23.9 Å². The molecule has 2 aromatic rings. The highest BCUT2D eigenvalue weighted by Gasteiger charge is 2.24.